The van der Waals surface area contributed by atoms with Gasteiger partial charge in [0.25, 0.3) is 0 Å². The Morgan fingerprint density at radius 2 is 1.94 bits per heavy atom. The average molecular weight is 247 g/mol. The molecule has 0 aliphatic carbocycles. The number of hydrogen-bond donors (Lipinski definition) is 1. The molecule has 0 unspecified atom stereocenters. The van der Waals surface area contributed by atoms with Crippen LogP contribution in [-0.4, -0.2) is 51.1 Å². The van der Waals surface area contributed by atoms with Gasteiger partial charge in [0, 0.05) is 46.0 Å². The van der Waals surface area contributed by atoms with E-state index in [1.807, 2.05) is 12.1 Å². The third-order valence-electron chi connectivity index (χ3n) is 3.29. The molecule has 1 fully saturated rings. The number of likely N-dealkylation sites (N-methyl/N-ethyl adjacent to an activating group) is 1. The molecule has 1 aliphatic heterocycles. The third kappa shape index (κ3) is 3.01. The minimum atomic E-state index is 0.151. The number of anilines is 1. The van der Waals surface area contributed by atoms with Gasteiger partial charge in [0.2, 0.25) is 5.91 Å². The van der Waals surface area contributed by atoms with Crippen LogP contribution >= 0.6 is 0 Å². The molecule has 1 N–H and O–H groups in total. The van der Waals surface area contributed by atoms with Crippen LogP contribution in [0, 0.1) is 0 Å². The summed E-state index contributed by atoms with van der Waals surface area (Å²) in [5.74, 6) is 0.151. The molecule has 0 radical (unpaired) electrons. The van der Waals surface area contributed by atoms with Crippen molar-refractivity contribution >= 4 is 11.6 Å². The highest BCUT2D eigenvalue weighted by Gasteiger charge is 2.15. The maximum atomic E-state index is 11.8. The van der Waals surface area contributed by atoms with Crippen LogP contribution in [0.3, 0.4) is 0 Å². The number of nitrogens with one attached hydrogen (secondary N) is 1. The van der Waals surface area contributed by atoms with E-state index in [1.165, 1.54) is 5.69 Å². The molecule has 18 heavy (non-hydrogen) atoms. The zero-order valence-corrected chi connectivity index (χ0v) is 11.1. The van der Waals surface area contributed by atoms with Crippen LogP contribution in [0.1, 0.15) is 5.56 Å². The summed E-state index contributed by atoms with van der Waals surface area (Å²) in [4.78, 5) is 15.8. The molecule has 0 aromatic heterocycles. The molecule has 0 saturated carbocycles. The highest BCUT2D eigenvalue weighted by Crippen LogP contribution is 2.21. The SMILES string of the molecule is CN(C)C(=O)Cc1ccccc1N1CCNCC1. The van der Waals surface area contributed by atoms with Gasteiger partial charge in [0.05, 0.1) is 6.42 Å². The lowest BCUT2D eigenvalue weighted by molar-refractivity contribution is -0.127. The van der Waals surface area contributed by atoms with Gasteiger partial charge in [0.1, 0.15) is 0 Å². The molecule has 1 aliphatic rings. The predicted octanol–water partition coefficient (Wildman–Crippen LogP) is 0.727. The normalized spacial score (nSPS) is 15.6. The molecular weight excluding hydrogens is 226 g/mol. The van der Waals surface area contributed by atoms with Crippen molar-refractivity contribution in [3.63, 3.8) is 0 Å². The van der Waals surface area contributed by atoms with E-state index in [0.717, 1.165) is 31.7 Å². The van der Waals surface area contributed by atoms with Crippen LogP contribution < -0.4 is 10.2 Å². The van der Waals surface area contributed by atoms with Crippen LogP contribution in [0.2, 0.25) is 0 Å². The van der Waals surface area contributed by atoms with E-state index in [2.05, 4.69) is 22.3 Å². The van der Waals surface area contributed by atoms with Crippen LogP contribution in [0.25, 0.3) is 0 Å². The number of rotatable bonds is 3. The average Bonchev–Trinajstić information content (AvgIpc) is 2.40. The van der Waals surface area contributed by atoms with E-state index in [0.29, 0.717) is 6.42 Å². The maximum absolute atomic E-state index is 11.8. The first-order valence-corrected chi connectivity index (χ1v) is 6.42. The topological polar surface area (TPSA) is 35.6 Å². The van der Waals surface area contributed by atoms with E-state index in [1.54, 1.807) is 19.0 Å². The third-order valence-corrected chi connectivity index (χ3v) is 3.29. The Kier molecular flexibility index (Phi) is 4.20. The first kappa shape index (κ1) is 12.9. The molecule has 1 aromatic carbocycles. The van der Waals surface area contributed by atoms with E-state index < -0.39 is 0 Å². The molecule has 0 atom stereocenters. The van der Waals surface area contributed by atoms with E-state index in [9.17, 15) is 4.79 Å². The molecule has 4 heteroatoms. The molecule has 98 valence electrons. The minimum absolute atomic E-state index is 0.151. The molecule has 4 nitrogen and oxygen atoms in total. The number of carbonyl (C=O) groups excluding carboxylic acids is 1. The lowest BCUT2D eigenvalue weighted by atomic mass is 10.1. The summed E-state index contributed by atoms with van der Waals surface area (Å²) < 4.78 is 0. The molecule has 1 aromatic rings. The first-order chi connectivity index (χ1) is 8.68. The molecule has 1 amide bonds. The number of nitrogens with zero attached hydrogens (tertiary/aromatic N) is 2. The number of benzene rings is 1. The maximum Gasteiger partial charge on any atom is 0.226 e. The van der Waals surface area contributed by atoms with Gasteiger partial charge in [-0.3, -0.25) is 4.79 Å². The van der Waals surface area contributed by atoms with Crippen molar-refractivity contribution in [2.75, 3.05) is 45.2 Å². The van der Waals surface area contributed by atoms with Crippen molar-refractivity contribution in [3.8, 4) is 0 Å². The molecule has 1 heterocycles. The summed E-state index contributed by atoms with van der Waals surface area (Å²) in [5, 5.41) is 3.35. The smallest absolute Gasteiger partial charge is 0.226 e. The van der Waals surface area contributed by atoms with Crippen molar-refractivity contribution in [3.05, 3.63) is 29.8 Å². The van der Waals surface area contributed by atoms with Gasteiger partial charge in [-0.05, 0) is 11.6 Å². The Balaban J connectivity index is 2.16. The summed E-state index contributed by atoms with van der Waals surface area (Å²) in [6.45, 7) is 4.03. The van der Waals surface area contributed by atoms with E-state index in [4.69, 9.17) is 0 Å². The van der Waals surface area contributed by atoms with Gasteiger partial charge >= 0.3 is 0 Å². The largest absolute Gasteiger partial charge is 0.369 e. The van der Waals surface area contributed by atoms with Crippen molar-refractivity contribution in [2.45, 2.75) is 6.42 Å². The molecular formula is C14H21N3O. The van der Waals surface area contributed by atoms with Gasteiger partial charge in [-0.2, -0.15) is 0 Å². The van der Waals surface area contributed by atoms with Crippen LogP contribution in [0.4, 0.5) is 5.69 Å². The van der Waals surface area contributed by atoms with Gasteiger partial charge < -0.3 is 15.1 Å². The number of piperazine rings is 1. The zero-order chi connectivity index (χ0) is 13.0. The predicted molar refractivity (Wildman–Crippen MR) is 73.9 cm³/mol. The Morgan fingerprint density at radius 3 is 2.61 bits per heavy atom. The van der Waals surface area contributed by atoms with Gasteiger partial charge in [-0.25, -0.2) is 0 Å². The summed E-state index contributed by atoms with van der Waals surface area (Å²) in [5.41, 5.74) is 2.33. The summed E-state index contributed by atoms with van der Waals surface area (Å²) in [7, 11) is 3.60. The molecule has 0 spiro atoms. The number of carbonyl (C=O) groups is 1. The molecule has 0 bridgehead atoms. The van der Waals surface area contributed by atoms with Gasteiger partial charge in [-0.1, -0.05) is 18.2 Å². The standard InChI is InChI=1S/C14H21N3O/c1-16(2)14(18)11-12-5-3-4-6-13(12)17-9-7-15-8-10-17/h3-6,15H,7-11H2,1-2H3. The Hall–Kier alpha value is -1.55. The van der Waals surface area contributed by atoms with Crippen LogP contribution in [0.15, 0.2) is 24.3 Å². The lowest BCUT2D eigenvalue weighted by Gasteiger charge is -2.31. The second kappa shape index (κ2) is 5.87. The lowest BCUT2D eigenvalue weighted by Crippen LogP contribution is -2.44. The fourth-order valence-corrected chi connectivity index (χ4v) is 2.20. The van der Waals surface area contributed by atoms with Crippen molar-refractivity contribution in [1.29, 1.82) is 0 Å². The summed E-state index contributed by atoms with van der Waals surface area (Å²) in [6.07, 6.45) is 0.479. The number of amides is 1. The fraction of sp³-hybridized carbons (Fsp3) is 0.500. The second-order valence-electron chi connectivity index (χ2n) is 4.83. The number of para-hydroxylation sites is 1. The summed E-state index contributed by atoms with van der Waals surface area (Å²) in [6, 6.07) is 8.22. The van der Waals surface area contributed by atoms with Gasteiger partial charge in [0.15, 0.2) is 0 Å². The zero-order valence-electron chi connectivity index (χ0n) is 11.1. The van der Waals surface area contributed by atoms with Crippen molar-refractivity contribution in [1.82, 2.24) is 10.2 Å². The summed E-state index contributed by atoms with van der Waals surface area (Å²) >= 11 is 0. The highest BCUT2D eigenvalue weighted by molar-refractivity contribution is 5.80. The van der Waals surface area contributed by atoms with Crippen LogP contribution in [0.5, 0.6) is 0 Å². The van der Waals surface area contributed by atoms with Crippen LogP contribution in [-0.2, 0) is 11.2 Å². The van der Waals surface area contributed by atoms with E-state index >= 15 is 0 Å². The van der Waals surface area contributed by atoms with Crippen molar-refractivity contribution in [2.24, 2.45) is 0 Å². The molecule has 2 rings (SSSR count). The Labute approximate surface area is 109 Å². The van der Waals surface area contributed by atoms with Gasteiger partial charge in [-0.15, -0.1) is 0 Å². The van der Waals surface area contributed by atoms with Crippen molar-refractivity contribution < 1.29 is 4.79 Å². The molecule has 1 saturated heterocycles. The first-order valence-electron chi connectivity index (χ1n) is 6.42. The fourth-order valence-electron chi connectivity index (χ4n) is 2.20. The quantitative estimate of drug-likeness (QED) is 0.855. The minimum Gasteiger partial charge on any atom is -0.369 e. The number of hydrogen-bond acceptors (Lipinski definition) is 3. The Morgan fingerprint density at radius 1 is 1.28 bits per heavy atom. The van der Waals surface area contributed by atoms with E-state index in [-0.39, 0.29) is 5.91 Å². The highest BCUT2D eigenvalue weighted by atomic mass is 16.2. The monoisotopic (exact) mass is 247 g/mol. The second-order valence-corrected chi connectivity index (χ2v) is 4.83. The Bertz CT molecular complexity index is 411.